The number of hydrogen-bond acceptors (Lipinski definition) is 5. The Balaban J connectivity index is 1.55. The Labute approximate surface area is 157 Å². The fourth-order valence-corrected chi connectivity index (χ4v) is 3.85. The molecule has 0 radical (unpaired) electrons. The lowest BCUT2D eigenvalue weighted by Crippen LogP contribution is -2.46. The number of benzene rings is 2. The van der Waals surface area contributed by atoms with Crippen LogP contribution in [-0.4, -0.2) is 35.1 Å². The Kier molecular flexibility index (Phi) is 3.89. The molecule has 2 aliphatic rings. The van der Waals surface area contributed by atoms with Gasteiger partial charge in [0.1, 0.15) is 12.1 Å². The van der Waals surface area contributed by atoms with Crippen molar-refractivity contribution < 1.29 is 9.53 Å². The van der Waals surface area contributed by atoms with Gasteiger partial charge in [-0.2, -0.15) is 0 Å². The van der Waals surface area contributed by atoms with Crippen molar-refractivity contribution in [2.75, 3.05) is 23.4 Å². The van der Waals surface area contributed by atoms with E-state index in [1.54, 1.807) is 12.1 Å². The standard InChI is InChI=1S/C21H20N4O2/c26-20(14-7-2-1-3-8-14)22-16-10-6-11-17-18(16)24-19-21(23-17)27-13-15-9-4-5-12-25(15)19/h1-3,6-8,10-11,15H,4-5,9,12-13H2,(H,22,26). The van der Waals surface area contributed by atoms with Gasteiger partial charge < -0.3 is 15.0 Å². The molecule has 0 spiro atoms. The van der Waals surface area contributed by atoms with Gasteiger partial charge >= 0.3 is 0 Å². The number of nitrogens with zero attached hydrogens (tertiary/aromatic N) is 3. The van der Waals surface area contributed by atoms with Crippen LogP contribution in [0.2, 0.25) is 0 Å². The first-order valence-electron chi connectivity index (χ1n) is 9.36. The first-order chi connectivity index (χ1) is 13.3. The number of anilines is 2. The molecule has 1 saturated heterocycles. The number of nitrogens with one attached hydrogen (secondary N) is 1. The zero-order chi connectivity index (χ0) is 18.2. The van der Waals surface area contributed by atoms with Crippen LogP contribution in [0, 0.1) is 0 Å². The SMILES string of the molecule is O=C(Nc1cccc2nc3c(nc12)N1CCCCC1CO3)c1ccccc1. The van der Waals surface area contributed by atoms with Gasteiger partial charge in [0.15, 0.2) is 5.82 Å². The zero-order valence-electron chi connectivity index (χ0n) is 14.9. The van der Waals surface area contributed by atoms with E-state index < -0.39 is 0 Å². The van der Waals surface area contributed by atoms with Crippen molar-refractivity contribution in [1.82, 2.24) is 9.97 Å². The highest BCUT2D eigenvalue weighted by Gasteiger charge is 2.32. The van der Waals surface area contributed by atoms with E-state index in [1.807, 2.05) is 36.4 Å². The second-order valence-electron chi connectivity index (χ2n) is 7.00. The number of amides is 1. The average molecular weight is 360 g/mol. The molecule has 1 aromatic heterocycles. The van der Waals surface area contributed by atoms with Crippen molar-refractivity contribution in [2.24, 2.45) is 0 Å². The molecular formula is C21H20N4O2. The van der Waals surface area contributed by atoms with E-state index in [4.69, 9.17) is 9.72 Å². The Hall–Kier alpha value is -3.15. The molecule has 6 nitrogen and oxygen atoms in total. The number of carbonyl (C=O) groups excluding carboxylic acids is 1. The van der Waals surface area contributed by atoms with E-state index in [2.05, 4.69) is 15.2 Å². The van der Waals surface area contributed by atoms with Gasteiger partial charge in [0, 0.05) is 12.1 Å². The highest BCUT2D eigenvalue weighted by Crippen LogP contribution is 2.36. The fourth-order valence-electron chi connectivity index (χ4n) is 3.85. The molecule has 3 heterocycles. The van der Waals surface area contributed by atoms with Crippen molar-refractivity contribution in [3.8, 4) is 5.88 Å². The van der Waals surface area contributed by atoms with Gasteiger partial charge in [0.25, 0.3) is 11.8 Å². The summed E-state index contributed by atoms with van der Waals surface area (Å²) in [6.07, 6.45) is 3.49. The Morgan fingerprint density at radius 2 is 1.96 bits per heavy atom. The zero-order valence-corrected chi connectivity index (χ0v) is 14.9. The third kappa shape index (κ3) is 2.87. The van der Waals surface area contributed by atoms with Crippen LogP contribution < -0.4 is 15.0 Å². The number of carbonyl (C=O) groups is 1. The number of hydrogen-bond donors (Lipinski definition) is 1. The fraction of sp³-hybridized carbons (Fsp3) is 0.286. The van der Waals surface area contributed by atoms with Crippen LogP contribution in [0.4, 0.5) is 11.5 Å². The summed E-state index contributed by atoms with van der Waals surface area (Å²) in [7, 11) is 0. The van der Waals surface area contributed by atoms with Gasteiger partial charge in [-0.05, 0) is 43.5 Å². The summed E-state index contributed by atoms with van der Waals surface area (Å²) < 4.78 is 5.89. The molecule has 2 aliphatic heterocycles. The molecule has 0 saturated carbocycles. The van der Waals surface area contributed by atoms with Crippen molar-refractivity contribution in [2.45, 2.75) is 25.3 Å². The lowest BCUT2D eigenvalue weighted by molar-refractivity contribution is 0.102. The van der Waals surface area contributed by atoms with E-state index >= 15 is 0 Å². The minimum Gasteiger partial charge on any atom is -0.473 e. The molecule has 136 valence electrons. The van der Waals surface area contributed by atoms with Crippen LogP contribution in [0.5, 0.6) is 5.88 Å². The average Bonchev–Trinajstić information content (AvgIpc) is 2.73. The second-order valence-corrected chi connectivity index (χ2v) is 7.00. The predicted octanol–water partition coefficient (Wildman–Crippen LogP) is 3.63. The van der Waals surface area contributed by atoms with Crippen molar-refractivity contribution >= 4 is 28.4 Å². The summed E-state index contributed by atoms with van der Waals surface area (Å²) in [6.45, 7) is 1.64. The van der Waals surface area contributed by atoms with Crippen LogP contribution >= 0.6 is 0 Å². The molecule has 3 aromatic rings. The number of fused-ring (bicyclic) bond motifs is 4. The molecule has 0 bridgehead atoms. The van der Waals surface area contributed by atoms with Crippen LogP contribution in [0.3, 0.4) is 0 Å². The van der Waals surface area contributed by atoms with Crippen LogP contribution in [0.15, 0.2) is 48.5 Å². The Morgan fingerprint density at radius 1 is 1.07 bits per heavy atom. The smallest absolute Gasteiger partial charge is 0.258 e. The number of para-hydroxylation sites is 1. The quantitative estimate of drug-likeness (QED) is 0.756. The second kappa shape index (κ2) is 6.54. The van der Waals surface area contributed by atoms with E-state index in [-0.39, 0.29) is 5.91 Å². The van der Waals surface area contributed by atoms with E-state index in [9.17, 15) is 4.79 Å². The lowest BCUT2D eigenvalue weighted by Gasteiger charge is -2.40. The van der Waals surface area contributed by atoms with Crippen molar-refractivity contribution in [3.05, 3.63) is 54.1 Å². The molecular weight excluding hydrogens is 340 g/mol. The van der Waals surface area contributed by atoms with E-state index in [0.717, 1.165) is 30.7 Å². The third-order valence-corrected chi connectivity index (χ3v) is 5.24. The number of piperidine rings is 1. The molecule has 1 N–H and O–H groups in total. The Bertz CT molecular complexity index is 1010. The minimum absolute atomic E-state index is 0.158. The maximum Gasteiger partial charge on any atom is 0.258 e. The molecule has 1 unspecified atom stereocenters. The molecule has 27 heavy (non-hydrogen) atoms. The molecule has 5 rings (SSSR count). The summed E-state index contributed by atoms with van der Waals surface area (Å²) in [5, 5.41) is 2.98. The molecule has 1 fully saturated rings. The topological polar surface area (TPSA) is 67.4 Å². The largest absolute Gasteiger partial charge is 0.473 e. The van der Waals surface area contributed by atoms with Crippen LogP contribution in [0.1, 0.15) is 29.6 Å². The Morgan fingerprint density at radius 3 is 2.85 bits per heavy atom. The first-order valence-corrected chi connectivity index (χ1v) is 9.36. The van der Waals surface area contributed by atoms with Gasteiger partial charge in [0.2, 0.25) is 0 Å². The third-order valence-electron chi connectivity index (χ3n) is 5.24. The highest BCUT2D eigenvalue weighted by molar-refractivity contribution is 6.08. The van der Waals surface area contributed by atoms with Crippen LogP contribution in [-0.2, 0) is 0 Å². The summed E-state index contributed by atoms with van der Waals surface area (Å²) >= 11 is 0. The van der Waals surface area contributed by atoms with Crippen molar-refractivity contribution in [1.29, 1.82) is 0 Å². The molecule has 1 atom stereocenters. The van der Waals surface area contributed by atoms with Gasteiger partial charge in [-0.1, -0.05) is 24.3 Å². The molecule has 0 aliphatic carbocycles. The van der Waals surface area contributed by atoms with Gasteiger partial charge in [0.05, 0.1) is 17.2 Å². The maximum atomic E-state index is 12.6. The van der Waals surface area contributed by atoms with Gasteiger partial charge in [-0.3, -0.25) is 4.79 Å². The molecule has 2 aromatic carbocycles. The minimum atomic E-state index is -0.158. The first kappa shape index (κ1) is 16.1. The molecule has 1 amide bonds. The monoisotopic (exact) mass is 360 g/mol. The molecule has 6 heteroatoms. The summed E-state index contributed by atoms with van der Waals surface area (Å²) in [4.78, 5) is 24.4. The number of ether oxygens (including phenoxy) is 1. The lowest BCUT2D eigenvalue weighted by atomic mass is 10.0. The summed E-state index contributed by atoms with van der Waals surface area (Å²) in [5.41, 5.74) is 2.68. The number of aromatic nitrogens is 2. The maximum absolute atomic E-state index is 12.6. The summed E-state index contributed by atoms with van der Waals surface area (Å²) in [5.74, 6) is 1.22. The van der Waals surface area contributed by atoms with Crippen LogP contribution in [0.25, 0.3) is 11.0 Å². The predicted molar refractivity (Wildman–Crippen MR) is 104 cm³/mol. The number of rotatable bonds is 2. The van der Waals surface area contributed by atoms with E-state index in [1.165, 1.54) is 6.42 Å². The highest BCUT2D eigenvalue weighted by atomic mass is 16.5. The van der Waals surface area contributed by atoms with Gasteiger partial charge in [-0.25, -0.2) is 9.97 Å². The normalized spacial score (nSPS) is 18.4. The summed E-state index contributed by atoms with van der Waals surface area (Å²) in [6, 6.07) is 15.2. The van der Waals surface area contributed by atoms with E-state index in [0.29, 0.717) is 35.3 Å². The van der Waals surface area contributed by atoms with Crippen molar-refractivity contribution in [3.63, 3.8) is 0 Å². The van der Waals surface area contributed by atoms with Gasteiger partial charge in [-0.15, -0.1) is 0 Å².